The SMILES string of the molecule is CC(NC1CCN(C2CC2)CC1)c1ccc(Br)cc1. The lowest BCUT2D eigenvalue weighted by Gasteiger charge is -2.34. The van der Waals surface area contributed by atoms with Crippen molar-refractivity contribution < 1.29 is 0 Å². The summed E-state index contributed by atoms with van der Waals surface area (Å²) in [6.07, 6.45) is 5.48. The van der Waals surface area contributed by atoms with Gasteiger partial charge in [-0.2, -0.15) is 0 Å². The molecule has 0 aromatic heterocycles. The molecule has 1 unspecified atom stereocenters. The summed E-state index contributed by atoms with van der Waals surface area (Å²) >= 11 is 3.49. The summed E-state index contributed by atoms with van der Waals surface area (Å²) in [6, 6.07) is 10.7. The summed E-state index contributed by atoms with van der Waals surface area (Å²) in [5, 5.41) is 3.79. The van der Waals surface area contributed by atoms with Crippen LogP contribution < -0.4 is 5.32 Å². The molecule has 3 heteroatoms. The van der Waals surface area contributed by atoms with Crippen molar-refractivity contribution >= 4 is 15.9 Å². The van der Waals surface area contributed by atoms with Crippen LogP contribution in [-0.2, 0) is 0 Å². The van der Waals surface area contributed by atoms with E-state index >= 15 is 0 Å². The zero-order valence-corrected chi connectivity index (χ0v) is 13.2. The molecule has 1 N–H and O–H groups in total. The van der Waals surface area contributed by atoms with E-state index in [9.17, 15) is 0 Å². The van der Waals surface area contributed by atoms with Crippen molar-refractivity contribution in [3.8, 4) is 0 Å². The number of rotatable bonds is 4. The minimum absolute atomic E-state index is 0.450. The van der Waals surface area contributed by atoms with Gasteiger partial charge in [0, 0.05) is 22.6 Å². The van der Waals surface area contributed by atoms with Crippen LogP contribution in [0.2, 0.25) is 0 Å². The first kappa shape index (κ1) is 13.6. The van der Waals surface area contributed by atoms with E-state index in [0.717, 1.165) is 10.5 Å². The van der Waals surface area contributed by atoms with Crippen LogP contribution in [0.3, 0.4) is 0 Å². The third kappa shape index (κ3) is 3.59. The van der Waals surface area contributed by atoms with Crippen LogP contribution in [-0.4, -0.2) is 30.1 Å². The van der Waals surface area contributed by atoms with Crippen molar-refractivity contribution in [2.24, 2.45) is 0 Å². The van der Waals surface area contributed by atoms with Gasteiger partial charge in [-0.05, 0) is 63.4 Å². The molecule has 0 amide bonds. The third-order valence-electron chi connectivity index (χ3n) is 4.45. The Balaban J connectivity index is 1.49. The van der Waals surface area contributed by atoms with E-state index in [1.54, 1.807) is 0 Å². The molecule has 1 aromatic rings. The molecule has 1 aromatic carbocycles. The molecule has 19 heavy (non-hydrogen) atoms. The normalized spacial score (nSPS) is 23.5. The Morgan fingerprint density at radius 1 is 1.11 bits per heavy atom. The quantitative estimate of drug-likeness (QED) is 0.908. The first-order chi connectivity index (χ1) is 9.22. The topological polar surface area (TPSA) is 15.3 Å². The fourth-order valence-electron chi connectivity index (χ4n) is 3.07. The summed E-state index contributed by atoms with van der Waals surface area (Å²) in [5.74, 6) is 0. The average molecular weight is 323 g/mol. The molecule has 0 bridgehead atoms. The number of hydrogen-bond acceptors (Lipinski definition) is 2. The zero-order valence-electron chi connectivity index (χ0n) is 11.6. The maximum absolute atomic E-state index is 3.79. The minimum Gasteiger partial charge on any atom is -0.307 e. The lowest BCUT2D eigenvalue weighted by atomic mass is 10.0. The van der Waals surface area contributed by atoms with Gasteiger partial charge in [-0.25, -0.2) is 0 Å². The molecule has 1 aliphatic carbocycles. The Morgan fingerprint density at radius 3 is 2.32 bits per heavy atom. The molecular weight excluding hydrogens is 300 g/mol. The van der Waals surface area contributed by atoms with Crippen LogP contribution in [0, 0.1) is 0 Å². The third-order valence-corrected chi connectivity index (χ3v) is 4.98. The molecule has 2 aliphatic rings. The smallest absolute Gasteiger partial charge is 0.0294 e. The van der Waals surface area contributed by atoms with Gasteiger partial charge in [0.2, 0.25) is 0 Å². The van der Waals surface area contributed by atoms with Gasteiger partial charge in [0.1, 0.15) is 0 Å². The second-order valence-electron chi connectivity index (χ2n) is 5.98. The van der Waals surface area contributed by atoms with E-state index in [0.29, 0.717) is 12.1 Å². The average Bonchev–Trinajstić information content (AvgIpc) is 3.25. The van der Waals surface area contributed by atoms with Crippen LogP contribution in [0.25, 0.3) is 0 Å². The van der Waals surface area contributed by atoms with E-state index in [-0.39, 0.29) is 0 Å². The second-order valence-corrected chi connectivity index (χ2v) is 6.90. The van der Waals surface area contributed by atoms with Gasteiger partial charge in [0.25, 0.3) is 0 Å². The summed E-state index contributed by atoms with van der Waals surface area (Å²) in [5.41, 5.74) is 1.38. The maximum Gasteiger partial charge on any atom is 0.0294 e. The van der Waals surface area contributed by atoms with E-state index in [1.807, 2.05) is 0 Å². The van der Waals surface area contributed by atoms with E-state index < -0.39 is 0 Å². The lowest BCUT2D eigenvalue weighted by Crippen LogP contribution is -2.44. The van der Waals surface area contributed by atoms with Crippen LogP contribution >= 0.6 is 15.9 Å². The number of nitrogens with zero attached hydrogens (tertiary/aromatic N) is 1. The Hall–Kier alpha value is -0.380. The van der Waals surface area contributed by atoms with E-state index in [4.69, 9.17) is 0 Å². The lowest BCUT2D eigenvalue weighted by molar-refractivity contribution is 0.184. The van der Waals surface area contributed by atoms with Gasteiger partial charge in [0.15, 0.2) is 0 Å². The minimum atomic E-state index is 0.450. The van der Waals surface area contributed by atoms with Crippen molar-refractivity contribution in [3.05, 3.63) is 34.3 Å². The Labute approximate surface area is 124 Å². The van der Waals surface area contributed by atoms with Crippen molar-refractivity contribution in [1.82, 2.24) is 10.2 Å². The number of hydrogen-bond donors (Lipinski definition) is 1. The Bertz CT molecular complexity index is 405. The van der Waals surface area contributed by atoms with Crippen LogP contribution in [0.5, 0.6) is 0 Å². The number of piperidine rings is 1. The Kier molecular flexibility index (Phi) is 4.25. The maximum atomic E-state index is 3.79. The summed E-state index contributed by atoms with van der Waals surface area (Å²) < 4.78 is 1.15. The summed E-state index contributed by atoms with van der Waals surface area (Å²) in [4.78, 5) is 2.68. The molecule has 1 aliphatic heterocycles. The molecule has 0 radical (unpaired) electrons. The van der Waals surface area contributed by atoms with Crippen molar-refractivity contribution in [2.45, 2.75) is 50.7 Å². The molecule has 2 fully saturated rings. The number of benzene rings is 1. The van der Waals surface area contributed by atoms with Gasteiger partial charge in [-0.15, -0.1) is 0 Å². The highest BCUT2D eigenvalue weighted by Crippen LogP contribution is 2.29. The Morgan fingerprint density at radius 2 is 1.74 bits per heavy atom. The van der Waals surface area contributed by atoms with Crippen LogP contribution in [0.15, 0.2) is 28.7 Å². The van der Waals surface area contributed by atoms with Gasteiger partial charge in [-0.3, -0.25) is 0 Å². The molecular formula is C16H23BrN2. The molecule has 0 spiro atoms. The van der Waals surface area contributed by atoms with Crippen LogP contribution in [0.1, 0.15) is 44.2 Å². The molecule has 1 heterocycles. The summed E-state index contributed by atoms with van der Waals surface area (Å²) in [7, 11) is 0. The molecule has 2 nitrogen and oxygen atoms in total. The van der Waals surface area contributed by atoms with Crippen molar-refractivity contribution in [2.75, 3.05) is 13.1 Å². The standard InChI is InChI=1S/C16H23BrN2/c1-12(13-2-4-14(17)5-3-13)18-15-8-10-19(11-9-15)16-6-7-16/h2-5,12,15-16,18H,6-11H2,1H3. The van der Waals surface area contributed by atoms with Crippen LogP contribution in [0.4, 0.5) is 0 Å². The number of nitrogens with one attached hydrogen (secondary N) is 1. The van der Waals surface area contributed by atoms with E-state index in [2.05, 4.69) is 57.3 Å². The molecule has 3 rings (SSSR count). The first-order valence-corrected chi connectivity index (χ1v) is 8.27. The largest absolute Gasteiger partial charge is 0.307 e. The fraction of sp³-hybridized carbons (Fsp3) is 0.625. The molecule has 1 saturated heterocycles. The predicted molar refractivity (Wildman–Crippen MR) is 83.3 cm³/mol. The highest BCUT2D eigenvalue weighted by molar-refractivity contribution is 9.10. The predicted octanol–water partition coefficient (Wildman–Crippen LogP) is 3.73. The van der Waals surface area contributed by atoms with Gasteiger partial charge >= 0.3 is 0 Å². The molecule has 1 atom stereocenters. The summed E-state index contributed by atoms with van der Waals surface area (Å²) in [6.45, 7) is 4.85. The van der Waals surface area contributed by atoms with Crippen molar-refractivity contribution in [1.29, 1.82) is 0 Å². The first-order valence-electron chi connectivity index (χ1n) is 7.48. The second kappa shape index (κ2) is 5.94. The molecule has 104 valence electrons. The number of likely N-dealkylation sites (tertiary alicyclic amines) is 1. The van der Waals surface area contributed by atoms with Gasteiger partial charge in [0.05, 0.1) is 0 Å². The van der Waals surface area contributed by atoms with Crippen molar-refractivity contribution in [3.63, 3.8) is 0 Å². The monoisotopic (exact) mass is 322 g/mol. The fourth-order valence-corrected chi connectivity index (χ4v) is 3.34. The number of halogens is 1. The van der Waals surface area contributed by atoms with Gasteiger partial charge < -0.3 is 10.2 Å². The zero-order chi connectivity index (χ0) is 13.2. The van der Waals surface area contributed by atoms with E-state index in [1.165, 1.54) is 44.3 Å². The highest BCUT2D eigenvalue weighted by Gasteiger charge is 2.31. The van der Waals surface area contributed by atoms with Gasteiger partial charge in [-0.1, -0.05) is 28.1 Å². The highest BCUT2D eigenvalue weighted by atomic mass is 79.9. The molecule has 1 saturated carbocycles.